The van der Waals surface area contributed by atoms with Gasteiger partial charge in [-0.3, -0.25) is 12.6 Å². The van der Waals surface area contributed by atoms with Crippen LogP contribution in [0.5, 0.6) is 0 Å². The third kappa shape index (κ3) is 5.79. The van der Waals surface area contributed by atoms with E-state index in [0.29, 0.717) is 5.39 Å². The van der Waals surface area contributed by atoms with E-state index in [4.69, 9.17) is 0 Å². The Hall–Kier alpha value is 2.03. The topological polar surface area (TPSA) is 120 Å². The van der Waals surface area contributed by atoms with Crippen molar-refractivity contribution in [2.75, 3.05) is 0 Å². The van der Waals surface area contributed by atoms with Crippen LogP contribution in [-0.2, 0) is 33.2 Å². The first kappa shape index (κ1) is 26.3. The molecule has 2 rings (SSSR count). The van der Waals surface area contributed by atoms with Gasteiger partial charge in [-0.1, -0.05) is 24.3 Å². The molecule has 2 aromatic carbocycles. The van der Waals surface area contributed by atoms with Gasteiger partial charge in [0.1, 0.15) is 0 Å². The minimum atomic E-state index is -2.99. The molecular formula is C10H5Na3O6S3. The summed E-state index contributed by atoms with van der Waals surface area (Å²) in [5.74, 6) is 0. The summed E-state index contributed by atoms with van der Waals surface area (Å²) in [6.45, 7) is 0. The molecule has 6 nitrogen and oxygen atoms in total. The summed E-state index contributed by atoms with van der Waals surface area (Å²) < 4.78 is 66.9. The number of hydrogen-bond donors (Lipinski definition) is 0. The van der Waals surface area contributed by atoms with Crippen LogP contribution in [0.3, 0.4) is 0 Å². The molecule has 0 saturated carbocycles. The summed E-state index contributed by atoms with van der Waals surface area (Å²) in [6.07, 6.45) is 0. The number of rotatable bonds is 3. The summed E-state index contributed by atoms with van der Waals surface area (Å²) in [5, 5.41) is 0.485. The van der Waals surface area contributed by atoms with Gasteiger partial charge in [-0.25, -0.2) is 0 Å². The minimum absolute atomic E-state index is 0. The molecule has 0 amide bonds. The van der Waals surface area contributed by atoms with Gasteiger partial charge in [0.15, 0.2) is 0 Å². The van der Waals surface area contributed by atoms with Crippen molar-refractivity contribution in [3.63, 3.8) is 0 Å². The van der Waals surface area contributed by atoms with Crippen molar-refractivity contribution < 1.29 is 115 Å². The quantitative estimate of drug-likeness (QED) is 0.382. The SMILES string of the molecule is O=S([O-])c1cc2ccccc2c(S(=O)[O-])c1S(=O)[O-].[Na+].[Na+].[Na+]. The first-order valence-electron chi connectivity index (χ1n) is 4.77. The summed E-state index contributed by atoms with van der Waals surface area (Å²) in [6, 6.07) is 7.16. The summed E-state index contributed by atoms with van der Waals surface area (Å²) in [7, 11) is 0. The van der Waals surface area contributed by atoms with Crippen LogP contribution in [0.15, 0.2) is 45.0 Å². The molecule has 0 aromatic heterocycles. The van der Waals surface area contributed by atoms with E-state index in [2.05, 4.69) is 0 Å². The maximum Gasteiger partial charge on any atom is 1.00 e. The van der Waals surface area contributed by atoms with Crippen LogP contribution in [0.2, 0.25) is 0 Å². The zero-order valence-electron chi connectivity index (χ0n) is 12.1. The fourth-order valence-corrected chi connectivity index (χ4v) is 4.19. The van der Waals surface area contributed by atoms with Crippen LogP contribution in [0.1, 0.15) is 0 Å². The molecule has 102 valence electrons. The molecule has 2 aromatic rings. The van der Waals surface area contributed by atoms with Crippen molar-refractivity contribution in [1.29, 1.82) is 0 Å². The first-order valence-corrected chi connectivity index (χ1v) is 7.99. The molecule has 0 aliphatic heterocycles. The average molecular weight is 386 g/mol. The fourth-order valence-electron chi connectivity index (χ4n) is 1.72. The Morgan fingerprint density at radius 2 is 1.23 bits per heavy atom. The van der Waals surface area contributed by atoms with Crippen molar-refractivity contribution in [2.24, 2.45) is 0 Å². The molecule has 0 aliphatic rings. The van der Waals surface area contributed by atoms with Crippen molar-refractivity contribution >= 4 is 44.0 Å². The van der Waals surface area contributed by atoms with Gasteiger partial charge in [0, 0.05) is 9.79 Å². The Balaban J connectivity index is 0. The Labute approximate surface area is 200 Å². The molecule has 0 radical (unpaired) electrons. The average Bonchev–Trinajstić information content (AvgIpc) is 2.35. The largest absolute Gasteiger partial charge is 1.00 e. The van der Waals surface area contributed by atoms with Gasteiger partial charge in [-0.15, -0.1) is 0 Å². The van der Waals surface area contributed by atoms with Crippen LogP contribution >= 0.6 is 0 Å². The summed E-state index contributed by atoms with van der Waals surface area (Å²) in [4.78, 5) is -1.84. The van der Waals surface area contributed by atoms with Crippen molar-refractivity contribution in [3.05, 3.63) is 30.3 Å². The Bertz CT molecular complexity index is 739. The van der Waals surface area contributed by atoms with Gasteiger partial charge < -0.3 is 13.7 Å². The zero-order chi connectivity index (χ0) is 14.2. The molecule has 0 bridgehead atoms. The summed E-state index contributed by atoms with van der Waals surface area (Å²) in [5.41, 5.74) is 0. The standard InChI is InChI=1S/C10H8O6S3.3Na/c11-17(12)8-5-6-3-1-2-4-7(6)9(18(13)14)10(8)19(15)16;;;/h1-5H,(H,11,12)(H,13,14)(H,15,16);;;/q;3*+1/p-3. The number of hydrogen-bond acceptors (Lipinski definition) is 6. The minimum Gasteiger partial charge on any atom is -0.768 e. The van der Waals surface area contributed by atoms with Gasteiger partial charge in [0.2, 0.25) is 0 Å². The second-order valence-corrected chi connectivity index (χ2v) is 6.12. The number of benzene rings is 2. The van der Waals surface area contributed by atoms with Crippen LogP contribution in [0.4, 0.5) is 0 Å². The second kappa shape index (κ2) is 11.6. The maximum atomic E-state index is 11.2. The molecule has 0 saturated heterocycles. The van der Waals surface area contributed by atoms with E-state index >= 15 is 0 Å². The van der Waals surface area contributed by atoms with Crippen molar-refractivity contribution in [2.45, 2.75) is 14.7 Å². The van der Waals surface area contributed by atoms with Crippen molar-refractivity contribution in [1.82, 2.24) is 0 Å². The first-order chi connectivity index (χ1) is 8.93. The fraction of sp³-hybridized carbons (Fsp3) is 0. The molecule has 22 heavy (non-hydrogen) atoms. The smallest absolute Gasteiger partial charge is 0.768 e. The predicted molar refractivity (Wildman–Crippen MR) is 65.5 cm³/mol. The van der Waals surface area contributed by atoms with Crippen molar-refractivity contribution in [3.8, 4) is 0 Å². The van der Waals surface area contributed by atoms with Gasteiger partial charge in [0.05, 0.1) is 4.90 Å². The molecule has 0 fully saturated rings. The normalized spacial score (nSPS) is 14.0. The van der Waals surface area contributed by atoms with E-state index in [1.807, 2.05) is 0 Å². The second-order valence-electron chi connectivity index (χ2n) is 3.46. The predicted octanol–water partition coefficient (Wildman–Crippen LogP) is -8.43. The van der Waals surface area contributed by atoms with E-state index in [1.165, 1.54) is 18.2 Å². The van der Waals surface area contributed by atoms with E-state index in [0.717, 1.165) is 6.07 Å². The Morgan fingerprint density at radius 1 is 0.727 bits per heavy atom. The molecule has 3 unspecified atom stereocenters. The Morgan fingerprint density at radius 3 is 1.68 bits per heavy atom. The molecule has 0 N–H and O–H groups in total. The third-order valence-electron chi connectivity index (χ3n) is 2.43. The molecular weight excluding hydrogens is 381 g/mol. The van der Waals surface area contributed by atoms with Crippen LogP contribution in [0, 0.1) is 0 Å². The van der Waals surface area contributed by atoms with E-state index in [9.17, 15) is 26.3 Å². The maximum absolute atomic E-state index is 11.2. The van der Waals surface area contributed by atoms with Gasteiger partial charge in [-0.2, -0.15) is 0 Å². The molecule has 0 spiro atoms. The molecule has 0 heterocycles. The number of fused-ring (bicyclic) bond motifs is 1. The van der Waals surface area contributed by atoms with Gasteiger partial charge in [-0.05, 0) is 50.1 Å². The Kier molecular flexibility index (Phi) is 13.9. The van der Waals surface area contributed by atoms with E-state index in [-0.39, 0.29) is 94.1 Å². The molecule has 0 aliphatic carbocycles. The van der Waals surface area contributed by atoms with Crippen LogP contribution in [0.25, 0.3) is 10.8 Å². The molecule has 3 atom stereocenters. The van der Waals surface area contributed by atoms with E-state index in [1.54, 1.807) is 6.07 Å². The van der Waals surface area contributed by atoms with Crippen LogP contribution in [-0.4, -0.2) is 26.3 Å². The third-order valence-corrected chi connectivity index (χ3v) is 4.89. The molecule has 12 heteroatoms. The summed E-state index contributed by atoms with van der Waals surface area (Å²) >= 11 is -8.72. The van der Waals surface area contributed by atoms with Gasteiger partial charge >= 0.3 is 88.7 Å². The van der Waals surface area contributed by atoms with Gasteiger partial charge in [0.25, 0.3) is 0 Å². The zero-order valence-corrected chi connectivity index (χ0v) is 20.5. The van der Waals surface area contributed by atoms with E-state index < -0.39 is 47.9 Å². The van der Waals surface area contributed by atoms with Crippen LogP contribution < -0.4 is 88.7 Å². The monoisotopic (exact) mass is 386 g/mol.